The standard InChI is InChI=1S/C48H55N11O5/c49-44-42-43(30-6-9-37(10-7-30)64-36-4-2-1-3-5-36)53-59(45(42)51-29-50-44)33-18-24-56(25-19-33)35-27-57(28-35)32-16-20-54(21-17-32)31-14-22-55(23-15-31)34-8-11-38-39(26-34)48(63)58(47(38)62)40-12-13-41(60)52-46(40)61/h1-11,26,29,31-33,35,40,46,61H,12-25,27-28H2,(H,52,60)(H2,49,50,51). The number of rotatable bonds is 9. The molecule has 0 spiro atoms. The third kappa shape index (κ3) is 7.55. The van der Waals surface area contributed by atoms with E-state index >= 15 is 0 Å². The van der Waals surface area contributed by atoms with Crippen molar-refractivity contribution >= 4 is 40.3 Å². The van der Waals surface area contributed by atoms with Crippen LogP contribution < -0.4 is 20.7 Å². The zero-order chi connectivity index (χ0) is 43.5. The van der Waals surface area contributed by atoms with Crippen molar-refractivity contribution in [3.8, 4) is 22.8 Å². The highest BCUT2D eigenvalue weighted by Gasteiger charge is 2.45. The Morgan fingerprint density at radius 2 is 1.31 bits per heavy atom. The molecule has 0 saturated carbocycles. The van der Waals surface area contributed by atoms with Gasteiger partial charge in [-0.15, -0.1) is 0 Å². The van der Waals surface area contributed by atoms with Crippen molar-refractivity contribution in [1.29, 1.82) is 0 Å². The number of anilines is 2. The highest BCUT2D eigenvalue weighted by Crippen LogP contribution is 2.38. The number of hydrogen-bond donors (Lipinski definition) is 3. The minimum absolute atomic E-state index is 0.166. The number of carbonyl (C=O) groups excluding carboxylic acids is 3. The molecular formula is C48H55N11O5. The van der Waals surface area contributed by atoms with Crippen LogP contribution >= 0.6 is 0 Å². The van der Waals surface area contributed by atoms with Gasteiger partial charge in [0.2, 0.25) is 5.91 Å². The Labute approximate surface area is 372 Å². The monoisotopic (exact) mass is 865 g/mol. The van der Waals surface area contributed by atoms with E-state index in [1.54, 1.807) is 12.4 Å². The number of aliphatic hydroxyl groups excluding tert-OH is 1. The van der Waals surface area contributed by atoms with Gasteiger partial charge in [-0.05, 0) is 113 Å². The Bertz CT molecular complexity index is 2540. The minimum Gasteiger partial charge on any atom is -0.457 e. The third-order valence-electron chi connectivity index (χ3n) is 14.8. The molecular weight excluding hydrogens is 811 g/mol. The van der Waals surface area contributed by atoms with Crippen LogP contribution in [0.5, 0.6) is 11.5 Å². The van der Waals surface area contributed by atoms with Gasteiger partial charge < -0.3 is 30.7 Å². The first-order valence-corrected chi connectivity index (χ1v) is 23.0. The largest absolute Gasteiger partial charge is 0.457 e. The van der Waals surface area contributed by atoms with Gasteiger partial charge in [0.25, 0.3) is 11.8 Å². The fourth-order valence-corrected chi connectivity index (χ4v) is 11.2. The van der Waals surface area contributed by atoms with Gasteiger partial charge in [-0.1, -0.05) is 18.2 Å². The lowest BCUT2D eigenvalue weighted by molar-refractivity contribution is -0.129. The summed E-state index contributed by atoms with van der Waals surface area (Å²) in [6, 6.07) is 24.5. The summed E-state index contributed by atoms with van der Waals surface area (Å²) in [5.41, 5.74) is 10.7. The molecule has 6 aliphatic heterocycles. The van der Waals surface area contributed by atoms with Gasteiger partial charge in [0, 0.05) is 75.1 Å². The Morgan fingerprint density at radius 3 is 2.03 bits per heavy atom. The first kappa shape index (κ1) is 40.8. The number of para-hydroxylation sites is 1. The maximum Gasteiger partial charge on any atom is 0.262 e. The van der Waals surface area contributed by atoms with Crippen LogP contribution in [-0.4, -0.2) is 145 Å². The van der Waals surface area contributed by atoms with Gasteiger partial charge in [-0.3, -0.25) is 29.1 Å². The fraction of sp³-hybridized carbons (Fsp3) is 0.458. The van der Waals surface area contributed by atoms with Crippen LogP contribution in [0.15, 0.2) is 79.1 Å². The van der Waals surface area contributed by atoms with Gasteiger partial charge in [0.15, 0.2) is 5.65 Å². The highest BCUT2D eigenvalue weighted by atomic mass is 16.5. The summed E-state index contributed by atoms with van der Waals surface area (Å²) in [5, 5.41) is 18.8. The number of hydrogen-bond acceptors (Lipinski definition) is 13. The van der Waals surface area contributed by atoms with Crippen LogP contribution in [0.1, 0.15) is 78.1 Å². The number of piperidine rings is 4. The lowest BCUT2D eigenvalue weighted by atomic mass is 9.93. The highest BCUT2D eigenvalue weighted by molar-refractivity contribution is 6.22. The van der Waals surface area contributed by atoms with E-state index in [-0.39, 0.29) is 24.8 Å². The second-order valence-corrected chi connectivity index (χ2v) is 18.4. The molecule has 0 radical (unpaired) electrons. The van der Waals surface area contributed by atoms with E-state index in [9.17, 15) is 19.5 Å². The average Bonchev–Trinajstić information content (AvgIpc) is 3.82. The van der Waals surface area contributed by atoms with E-state index in [1.165, 1.54) is 12.8 Å². The topological polar surface area (TPSA) is 179 Å². The summed E-state index contributed by atoms with van der Waals surface area (Å²) in [6.45, 7) is 8.39. The van der Waals surface area contributed by atoms with Crippen LogP contribution in [0.4, 0.5) is 11.5 Å². The zero-order valence-corrected chi connectivity index (χ0v) is 36.0. The first-order valence-electron chi connectivity index (χ1n) is 23.0. The second kappa shape index (κ2) is 16.9. The van der Waals surface area contributed by atoms with Crippen molar-refractivity contribution in [2.45, 2.75) is 87.8 Å². The molecule has 2 atom stereocenters. The molecule has 332 valence electrons. The Hall–Kier alpha value is -5.94. The number of likely N-dealkylation sites (tertiary alicyclic amines) is 3. The number of imide groups is 1. The van der Waals surface area contributed by atoms with Crippen LogP contribution in [0.25, 0.3) is 22.3 Å². The van der Waals surface area contributed by atoms with E-state index in [2.05, 4.69) is 39.6 Å². The molecule has 0 bridgehead atoms. The molecule has 5 aromatic rings. The van der Waals surface area contributed by atoms with E-state index < -0.39 is 24.1 Å². The minimum atomic E-state index is -1.26. The van der Waals surface area contributed by atoms with Crippen molar-refractivity contribution in [3.05, 3.63) is 90.3 Å². The fourth-order valence-electron chi connectivity index (χ4n) is 11.2. The number of amides is 3. The zero-order valence-electron chi connectivity index (χ0n) is 36.0. The van der Waals surface area contributed by atoms with Gasteiger partial charge in [0.05, 0.1) is 28.6 Å². The normalized spacial score (nSPS) is 23.7. The van der Waals surface area contributed by atoms with Gasteiger partial charge >= 0.3 is 0 Å². The summed E-state index contributed by atoms with van der Waals surface area (Å²) in [6.07, 6.45) is 7.24. The van der Waals surface area contributed by atoms with Gasteiger partial charge in [-0.2, -0.15) is 5.10 Å². The number of nitrogens with zero attached hydrogens (tertiary/aromatic N) is 9. The molecule has 0 aliphatic carbocycles. The van der Waals surface area contributed by atoms with Crippen LogP contribution in [-0.2, 0) is 4.79 Å². The van der Waals surface area contributed by atoms with E-state index in [4.69, 9.17) is 15.6 Å². The Morgan fingerprint density at radius 1 is 0.672 bits per heavy atom. The molecule has 6 aliphatic rings. The molecule has 3 amide bonds. The number of aliphatic hydroxyl groups is 1. The van der Waals surface area contributed by atoms with Crippen LogP contribution in [0.3, 0.4) is 0 Å². The van der Waals surface area contributed by atoms with Crippen molar-refractivity contribution in [1.82, 2.24) is 44.7 Å². The number of fused-ring (bicyclic) bond motifs is 2. The van der Waals surface area contributed by atoms with Crippen molar-refractivity contribution < 1.29 is 24.2 Å². The third-order valence-corrected chi connectivity index (χ3v) is 14.8. The molecule has 16 nitrogen and oxygen atoms in total. The van der Waals surface area contributed by atoms with Gasteiger partial charge in [0.1, 0.15) is 35.6 Å². The molecule has 3 aromatic carbocycles. The smallest absolute Gasteiger partial charge is 0.262 e. The number of aromatic nitrogens is 4. The summed E-state index contributed by atoms with van der Waals surface area (Å²) in [5.74, 6) is 0.898. The van der Waals surface area contributed by atoms with E-state index in [0.29, 0.717) is 35.1 Å². The maximum atomic E-state index is 13.4. The quantitative estimate of drug-likeness (QED) is 0.177. The molecule has 5 saturated heterocycles. The second-order valence-electron chi connectivity index (χ2n) is 18.4. The lowest BCUT2D eigenvalue weighted by Crippen LogP contribution is -2.64. The Kier molecular flexibility index (Phi) is 10.8. The Balaban J connectivity index is 0.641. The lowest BCUT2D eigenvalue weighted by Gasteiger charge is -2.52. The SMILES string of the molecule is Nc1ncnc2c1c(-c1ccc(Oc3ccccc3)cc1)nn2C1CCN(C2CN(C3CCN(C4CCN(c5ccc6c(c5)C(=O)N(C5CCC(=O)NC5O)C6=O)CC4)CC3)C2)CC1. The maximum absolute atomic E-state index is 13.4. The predicted octanol–water partition coefficient (Wildman–Crippen LogP) is 4.52. The molecule has 4 N–H and O–H groups in total. The van der Waals surface area contributed by atoms with Gasteiger partial charge in [-0.25, -0.2) is 14.6 Å². The molecule has 8 heterocycles. The summed E-state index contributed by atoms with van der Waals surface area (Å²) < 4.78 is 8.12. The number of nitrogens with two attached hydrogens (primary N) is 1. The number of ether oxygens (including phenoxy) is 1. The van der Waals surface area contributed by atoms with Crippen molar-refractivity contribution in [3.63, 3.8) is 0 Å². The van der Waals surface area contributed by atoms with Crippen molar-refractivity contribution in [2.24, 2.45) is 0 Å². The summed E-state index contributed by atoms with van der Waals surface area (Å²) >= 11 is 0. The number of nitrogen functional groups attached to an aromatic ring is 1. The molecule has 2 unspecified atom stereocenters. The molecule has 11 rings (SSSR count). The molecule has 16 heteroatoms. The molecule has 5 fully saturated rings. The van der Waals surface area contributed by atoms with E-state index in [0.717, 1.165) is 122 Å². The predicted molar refractivity (Wildman–Crippen MR) is 241 cm³/mol. The molecule has 64 heavy (non-hydrogen) atoms. The number of carbonyl (C=O) groups is 3. The van der Waals surface area contributed by atoms with Crippen LogP contribution in [0.2, 0.25) is 0 Å². The first-order chi connectivity index (χ1) is 31.3. The number of nitrogens with one attached hydrogen (secondary N) is 1. The summed E-state index contributed by atoms with van der Waals surface area (Å²) in [4.78, 5) is 59.0. The summed E-state index contributed by atoms with van der Waals surface area (Å²) in [7, 11) is 0. The number of benzene rings is 3. The van der Waals surface area contributed by atoms with Crippen molar-refractivity contribution in [2.75, 3.05) is 63.0 Å². The molecule has 2 aromatic heterocycles. The van der Waals surface area contributed by atoms with Crippen LogP contribution in [0, 0.1) is 0 Å². The average molecular weight is 866 g/mol. The van der Waals surface area contributed by atoms with E-state index in [1.807, 2.05) is 66.7 Å².